The van der Waals surface area contributed by atoms with Gasteiger partial charge >= 0.3 is 0 Å². The van der Waals surface area contributed by atoms with E-state index in [0.717, 1.165) is 69.2 Å². The normalized spacial score (nSPS) is 11.5. The summed E-state index contributed by atoms with van der Waals surface area (Å²) in [6.07, 6.45) is 59.4. The first-order valence-corrected chi connectivity index (χ1v) is 27.6. The van der Waals surface area contributed by atoms with Crippen LogP contribution in [0.25, 0.3) is 0 Å². The van der Waals surface area contributed by atoms with Crippen LogP contribution in [0.1, 0.15) is 302 Å². The molecule has 0 aliphatic rings. The van der Waals surface area contributed by atoms with Gasteiger partial charge in [-0.25, -0.2) is 0 Å². The molecule has 3 heteroatoms. The van der Waals surface area contributed by atoms with E-state index >= 15 is 0 Å². The number of hydrogen-bond donors (Lipinski definition) is 0. The van der Waals surface area contributed by atoms with E-state index in [-0.39, 0.29) is 0 Å². The largest absolute Gasteiger partial charge is 0.490 e. The van der Waals surface area contributed by atoms with Crippen molar-refractivity contribution in [2.45, 2.75) is 303 Å². The lowest BCUT2D eigenvalue weighted by Gasteiger charge is -2.19. The first-order valence-electron chi connectivity index (χ1n) is 27.6. The molecule has 1 rings (SSSR count). The van der Waals surface area contributed by atoms with Gasteiger partial charge in [0, 0.05) is 0 Å². The highest BCUT2D eigenvalue weighted by Crippen LogP contribution is 2.40. The van der Waals surface area contributed by atoms with Crippen LogP contribution in [-0.4, -0.2) is 19.8 Å². The molecule has 0 heterocycles. The Morgan fingerprint density at radius 1 is 0.300 bits per heavy atom. The standard InChI is InChI=1S/C57H107O3/c1-5-9-12-15-18-21-24-27-30-33-36-39-42-45-49-58-55-52-54(48-8-4)53-56(59-50-46-43-40-37-34-31-28-25-22-19-16-13-10-6-2)57(55)60-51-47-44-41-38-35-32-29-26-23-20-17-14-11-7-3/h52-53H,4-51H2,1-3H3. The average molecular weight is 840 g/mol. The molecule has 3 nitrogen and oxygen atoms in total. The number of aryl methyl sites for hydroxylation is 1. The average Bonchev–Trinajstić information content (AvgIpc) is 3.25. The molecule has 60 heavy (non-hydrogen) atoms. The molecule has 0 amide bonds. The zero-order valence-corrected chi connectivity index (χ0v) is 41.3. The Morgan fingerprint density at radius 2 is 0.517 bits per heavy atom. The summed E-state index contributed by atoms with van der Waals surface area (Å²) in [5, 5.41) is 0. The summed E-state index contributed by atoms with van der Waals surface area (Å²) >= 11 is 0. The van der Waals surface area contributed by atoms with Gasteiger partial charge in [-0.15, -0.1) is 0 Å². The van der Waals surface area contributed by atoms with Gasteiger partial charge in [-0.2, -0.15) is 0 Å². The molecule has 0 aliphatic heterocycles. The summed E-state index contributed by atoms with van der Waals surface area (Å²) in [5.41, 5.74) is 1.25. The molecule has 0 N–H and O–H groups in total. The van der Waals surface area contributed by atoms with Crippen molar-refractivity contribution in [1.82, 2.24) is 0 Å². The third-order valence-electron chi connectivity index (χ3n) is 12.8. The molecule has 1 aromatic rings. The summed E-state index contributed by atoms with van der Waals surface area (Å²) in [7, 11) is 0. The van der Waals surface area contributed by atoms with E-state index in [1.54, 1.807) is 0 Å². The number of rotatable bonds is 50. The lowest BCUT2D eigenvalue weighted by Crippen LogP contribution is -2.07. The van der Waals surface area contributed by atoms with Gasteiger partial charge in [-0.05, 0) is 49.8 Å². The predicted molar refractivity (Wildman–Crippen MR) is 268 cm³/mol. The van der Waals surface area contributed by atoms with Gasteiger partial charge in [0.15, 0.2) is 11.5 Å². The topological polar surface area (TPSA) is 27.7 Å². The zero-order chi connectivity index (χ0) is 43.1. The monoisotopic (exact) mass is 840 g/mol. The van der Waals surface area contributed by atoms with Gasteiger partial charge in [-0.1, -0.05) is 278 Å². The lowest BCUT2D eigenvalue weighted by molar-refractivity contribution is 0.234. The van der Waals surface area contributed by atoms with Crippen LogP contribution in [0.2, 0.25) is 0 Å². The van der Waals surface area contributed by atoms with Crippen LogP contribution in [0.5, 0.6) is 17.2 Å². The Labute approximate surface area is 377 Å². The molecule has 353 valence electrons. The highest BCUT2D eigenvalue weighted by Gasteiger charge is 2.16. The first kappa shape index (κ1) is 56.6. The van der Waals surface area contributed by atoms with Crippen LogP contribution < -0.4 is 14.2 Å². The Hall–Kier alpha value is -1.38. The van der Waals surface area contributed by atoms with Crippen LogP contribution in [0.15, 0.2) is 12.1 Å². The quantitative estimate of drug-likeness (QED) is 0.0612. The van der Waals surface area contributed by atoms with Crippen LogP contribution >= 0.6 is 0 Å². The first-order chi connectivity index (χ1) is 29.8. The Bertz CT molecular complexity index is 919. The van der Waals surface area contributed by atoms with Crippen molar-refractivity contribution >= 4 is 0 Å². The lowest BCUT2D eigenvalue weighted by atomic mass is 10.0. The molecule has 0 saturated heterocycles. The molecule has 0 unspecified atom stereocenters. The van der Waals surface area contributed by atoms with Gasteiger partial charge in [-0.3, -0.25) is 0 Å². The molecule has 0 fully saturated rings. The summed E-state index contributed by atoms with van der Waals surface area (Å²) < 4.78 is 19.7. The highest BCUT2D eigenvalue weighted by molar-refractivity contribution is 5.54. The van der Waals surface area contributed by atoms with E-state index in [2.05, 4.69) is 39.8 Å². The van der Waals surface area contributed by atoms with Crippen molar-refractivity contribution in [3.8, 4) is 17.2 Å². The minimum Gasteiger partial charge on any atom is -0.490 e. The maximum atomic E-state index is 6.59. The fourth-order valence-electron chi connectivity index (χ4n) is 8.76. The predicted octanol–water partition coefficient (Wildman–Crippen LogP) is 20.0. The summed E-state index contributed by atoms with van der Waals surface area (Å²) in [6, 6.07) is 4.43. The van der Waals surface area contributed by atoms with E-state index in [9.17, 15) is 0 Å². The van der Waals surface area contributed by atoms with Crippen LogP contribution in [-0.2, 0) is 6.42 Å². The molecule has 0 bridgehead atoms. The molecule has 0 aliphatic carbocycles. The highest BCUT2D eigenvalue weighted by atomic mass is 16.5. The Kier molecular flexibility index (Phi) is 44.5. The van der Waals surface area contributed by atoms with Crippen molar-refractivity contribution < 1.29 is 14.2 Å². The second kappa shape index (κ2) is 47.1. The number of benzene rings is 1. The molecule has 0 aromatic heterocycles. The van der Waals surface area contributed by atoms with E-state index < -0.39 is 0 Å². The molecule has 0 saturated carbocycles. The van der Waals surface area contributed by atoms with E-state index in [1.807, 2.05) is 0 Å². The van der Waals surface area contributed by atoms with Crippen molar-refractivity contribution in [2.75, 3.05) is 19.8 Å². The molecule has 1 radical (unpaired) electrons. The molecule has 0 atom stereocenters. The SMILES string of the molecule is [CH2]CCc1cc(OCCCCCCCCCCCCCCCC)c(OCCCCCCCCCCCCCCCC)c(OCCCCCCCCCCCCCCCC)c1. The van der Waals surface area contributed by atoms with Crippen molar-refractivity contribution in [3.05, 3.63) is 24.6 Å². The summed E-state index contributed by atoms with van der Waals surface area (Å²) in [6.45, 7) is 13.3. The molecule has 1 aromatic carbocycles. The number of ether oxygens (including phenoxy) is 3. The van der Waals surface area contributed by atoms with Crippen LogP contribution in [0, 0.1) is 6.92 Å². The third kappa shape index (κ3) is 37.2. The Balaban J connectivity index is 2.49. The second-order valence-corrected chi connectivity index (χ2v) is 18.9. The maximum Gasteiger partial charge on any atom is 0.203 e. The molecular weight excluding hydrogens is 733 g/mol. The van der Waals surface area contributed by atoms with E-state index in [0.29, 0.717) is 0 Å². The zero-order valence-electron chi connectivity index (χ0n) is 41.3. The van der Waals surface area contributed by atoms with Gasteiger partial charge in [0.2, 0.25) is 5.75 Å². The molecular formula is C57H107O3. The third-order valence-corrected chi connectivity index (χ3v) is 12.8. The smallest absolute Gasteiger partial charge is 0.203 e. The summed E-state index contributed by atoms with van der Waals surface area (Å²) in [4.78, 5) is 0. The maximum absolute atomic E-state index is 6.59. The number of unbranched alkanes of at least 4 members (excludes halogenated alkanes) is 39. The number of hydrogen-bond acceptors (Lipinski definition) is 3. The van der Waals surface area contributed by atoms with Crippen molar-refractivity contribution in [2.24, 2.45) is 0 Å². The fraction of sp³-hybridized carbons (Fsp3) is 0.877. The van der Waals surface area contributed by atoms with Gasteiger partial charge in [0.05, 0.1) is 19.8 Å². The fourth-order valence-corrected chi connectivity index (χ4v) is 8.76. The van der Waals surface area contributed by atoms with Crippen LogP contribution in [0.3, 0.4) is 0 Å². The van der Waals surface area contributed by atoms with E-state index in [1.165, 1.54) is 256 Å². The van der Waals surface area contributed by atoms with Crippen LogP contribution in [0.4, 0.5) is 0 Å². The minimum atomic E-state index is 0.733. The second-order valence-electron chi connectivity index (χ2n) is 18.9. The van der Waals surface area contributed by atoms with Crippen molar-refractivity contribution in [1.29, 1.82) is 0 Å². The van der Waals surface area contributed by atoms with Crippen molar-refractivity contribution in [3.63, 3.8) is 0 Å². The van der Waals surface area contributed by atoms with E-state index in [4.69, 9.17) is 14.2 Å². The molecule has 0 spiro atoms. The van der Waals surface area contributed by atoms with Gasteiger partial charge < -0.3 is 14.2 Å². The van der Waals surface area contributed by atoms with Gasteiger partial charge in [0.25, 0.3) is 0 Å². The minimum absolute atomic E-state index is 0.733. The van der Waals surface area contributed by atoms with Gasteiger partial charge in [0.1, 0.15) is 0 Å². The Morgan fingerprint density at radius 3 is 0.750 bits per heavy atom. The summed E-state index contributed by atoms with van der Waals surface area (Å²) in [5.74, 6) is 2.61.